The van der Waals surface area contributed by atoms with E-state index >= 15 is 0 Å². The monoisotopic (exact) mass is 265 g/mol. The summed E-state index contributed by atoms with van der Waals surface area (Å²) < 4.78 is 4.77. The molecular formula is C16H11NO3. The zero-order chi connectivity index (χ0) is 13.9. The number of pyridine rings is 1. The molecule has 0 aliphatic heterocycles. The highest BCUT2D eigenvalue weighted by molar-refractivity contribution is 5.98. The second-order valence-corrected chi connectivity index (χ2v) is 4.25. The fraction of sp³-hybridized carbons (Fsp3) is 0. The number of aromatic nitrogens is 1. The Labute approximate surface area is 115 Å². The molecular weight excluding hydrogens is 254 g/mol. The van der Waals surface area contributed by atoms with E-state index < -0.39 is 6.16 Å². The van der Waals surface area contributed by atoms with Crippen molar-refractivity contribution in [1.29, 1.82) is 0 Å². The highest BCUT2D eigenvalue weighted by Crippen LogP contribution is 2.32. The Morgan fingerprint density at radius 1 is 0.950 bits per heavy atom. The number of fused-ring (bicyclic) bond motifs is 1. The van der Waals surface area contributed by atoms with Crippen molar-refractivity contribution in [3.8, 4) is 17.0 Å². The molecule has 1 heterocycles. The van der Waals surface area contributed by atoms with Gasteiger partial charge in [-0.1, -0.05) is 54.6 Å². The van der Waals surface area contributed by atoms with Crippen LogP contribution in [-0.2, 0) is 0 Å². The number of hydrogen-bond donors (Lipinski definition) is 1. The van der Waals surface area contributed by atoms with Crippen LogP contribution in [-0.4, -0.2) is 16.2 Å². The van der Waals surface area contributed by atoms with Gasteiger partial charge in [-0.05, 0) is 0 Å². The molecule has 4 heteroatoms. The van der Waals surface area contributed by atoms with Crippen LogP contribution in [0.3, 0.4) is 0 Å². The number of hydrogen-bond acceptors (Lipinski definition) is 3. The molecule has 0 fully saturated rings. The molecule has 4 nitrogen and oxygen atoms in total. The van der Waals surface area contributed by atoms with E-state index in [-0.39, 0.29) is 5.75 Å². The molecule has 0 amide bonds. The third kappa shape index (κ3) is 2.19. The van der Waals surface area contributed by atoms with Gasteiger partial charge < -0.3 is 9.84 Å². The number of rotatable bonds is 2. The van der Waals surface area contributed by atoms with E-state index in [0.29, 0.717) is 0 Å². The SMILES string of the molecule is O=C(O)Oc1cnc(-c2ccccc2)c2ccccc12. The zero-order valence-corrected chi connectivity index (χ0v) is 10.5. The molecule has 98 valence electrons. The Morgan fingerprint density at radius 3 is 2.30 bits per heavy atom. The Bertz CT molecular complexity index is 769. The van der Waals surface area contributed by atoms with Crippen molar-refractivity contribution in [2.75, 3.05) is 0 Å². The summed E-state index contributed by atoms with van der Waals surface area (Å²) in [5.41, 5.74) is 1.78. The first-order valence-electron chi connectivity index (χ1n) is 6.09. The predicted octanol–water partition coefficient (Wildman–Crippen LogP) is 3.96. The van der Waals surface area contributed by atoms with Crippen molar-refractivity contribution in [3.63, 3.8) is 0 Å². The normalized spacial score (nSPS) is 10.4. The van der Waals surface area contributed by atoms with E-state index in [1.807, 2.05) is 54.6 Å². The fourth-order valence-corrected chi connectivity index (χ4v) is 2.17. The average Bonchev–Trinajstić information content (AvgIpc) is 2.48. The van der Waals surface area contributed by atoms with Gasteiger partial charge in [0, 0.05) is 16.3 Å². The third-order valence-electron chi connectivity index (χ3n) is 3.00. The number of benzene rings is 2. The quantitative estimate of drug-likeness (QED) is 0.712. The fourth-order valence-electron chi connectivity index (χ4n) is 2.17. The van der Waals surface area contributed by atoms with Crippen molar-refractivity contribution in [2.24, 2.45) is 0 Å². The summed E-state index contributed by atoms with van der Waals surface area (Å²) in [6.45, 7) is 0. The number of carboxylic acid groups (broad SMARTS) is 1. The van der Waals surface area contributed by atoms with Crippen molar-refractivity contribution in [2.45, 2.75) is 0 Å². The minimum Gasteiger partial charge on any atom is -0.449 e. The van der Waals surface area contributed by atoms with Gasteiger partial charge >= 0.3 is 6.16 Å². The standard InChI is InChI=1S/C16H11NO3/c18-16(19)20-14-10-17-15(11-6-2-1-3-7-11)13-9-5-4-8-12(13)14/h1-10H,(H,18,19). The lowest BCUT2D eigenvalue weighted by Gasteiger charge is -2.09. The second kappa shape index (κ2) is 5.01. The van der Waals surface area contributed by atoms with Crippen molar-refractivity contribution >= 4 is 16.9 Å². The molecule has 0 saturated carbocycles. The van der Waals surface area contributed by atoms with Gasteiger partial charge in [0.2, 0.25) is 0 Å². The van der Waals surface area contributed by atoms with Crippen LogP contribution >= 0.6 is 0 Å². The first-order valence-corrected chi connectivity index (χ1v) is 6.09. The summed E-state index contributed by atoms with van der Waals surface area (Å²) in [5, 5.41) is 10.3. The summed E-state index contributed by atoms with van der Waals surface area (Å²) in [7, 11) is 0. The second-order valence-electron chi connectivity index (χ2n) is 4.25. The molecule has 0 aliphatic carbocycles. The molecule has 0 unspecified atom stereocenters. The Balaban J connectivity index is 2.24. The van der Waals surface area contributed by atoms with Crippen LogP contribution in [0.2, 0.25) is 0 Å². The zero-order valence-electron chi connectivity index (χ0n) is 10.5. The molecule has 0 spiro atoms. The molecule has 1 N–H and O–H groups in total. The van der Waals surface area contributed by atoms with Gasteiger partial charge in [-0.2, -0.15) is 0 Å². The molecule has 1 aromatic heterocycles. The molecule has 0 bridgehead atoms. The van der Waals surface area contributed by atoms with Crippen molar-refractivity contribution in [3.05, 3.63) is 60.8 Å². The van der Waals surface area contributed by atoms with E-state index in [9.17, 15) is 4.79 Å². The summed E-state index contributed by atoms with van der Waals surface area (Å²) >= 11 is 0. The van der Waals surface area contributed by atoms with Crippen LogP contribution in [0.1, 0.15) is 0 Å². The third-order valence-corrected chi connectivity index (χ3v) is 3.00. The molecule has 0 radical (unpaired) electrons. The van der Waals surface area contributed by atoms with Gasteiger partial charge in [0.15, 0.2) is 5.75 Å². The van der Waals surface area contributed by atoms with E-state index in [4.69, 9.17) is 9.84 Å². The number of nitrogens with zero attached hydrogens (tertiary/aromatic N) is 1. The van der Waals surface area contributed by atoms with E-state index in [2.05, 4.69) is 4.98 Å². The summed E-state index contributed by atoms with van der Waals surface area (Å²) in [4.78, 5) is 15.1. The lowest BCUT2D eigenvalue weighted by molar-refractivity contribution is 0.145. The van der Waals surface area contributed by atoms with Crippen LogP contribution in [0.25, 0.3) is 22.0 Å². The van der Waals surface area contributed by atoms with Crippen LogP contribution < -0.4 is 4.74 Å². The lowest BCUT2D eigenvalue weighted by Crippen LogP contribution is -2.04. The van der Waals surface area contributed by atoms with Gasteiger partial charge in [-0.15, -0.1) is 0 Å². The summed E-state index contributed by atoms with van der Waals surface area (Å²) in [6, 6.07) is 17.2. The topological polar surface area (TPSA) is 59.4 Å². The Hall–Kier alpha value is -2.88. The van der Waals surface area contributed by atoms with E-state index in [1.165, 1.54) is 6.20 Å². The predicted molar refractivity (Wildman–Crippen MR) is 75.8 cm³/mol. The molecule has 3 rings (SSSR count). The molecule has 2 aromatic carbocycles. The highest BCUT2D eigenvalue weighted by atomic mass is 16.7. The minimum atomic E-state index is -1.34. The largest absolute Gasteiger partial charge is 0.511 e. The first kappa shape index (κ1) is 12.2. The molecule has 20 heavy (non-hydrogen) atoms. The molecule has 0 saturated heterocycles. The van der Waals surface area contributed by atoms with Crippen LogP contribution in [0.4, 0.5) is 4.79 Å². The molecule has 0 atom stereocenters. The molecule has 3 aromatic rings. The van der Waals surface area contributed by atoms with Gasteiger partial charge in [0.1, 0.15) is 0 Å². The number of ether oxygens (including phenoxy) is 1. The Morgan fingerprint density at radius 2 is 1.60 bits per heavy atom. The maximum Gasteiger partial charge on any atom is 0.511 e. The maximum atomic E-state index is 10.7. The highest BCUT2D eigenvalue weighted by Gasteiger charge is 2.11. The maximum absolute atomic E-state index is 10.7. The van der Waals surface area contributed by atoms with Crippen LogP contribution in [0, 0.1) is 0 Å². The summed E-state index contributed by atoms with van der Waals surface area (Å²) in [6.07, 6.45) is 0.100. The van der Waals surface area contributed by atoms with Crippen LogP contribution in [0.5, 0.6) is 5.75 Å². The number of carbonyl (C=O) groups is 1. The van der Waals surface area contributed by atoms with Gasteiger partial charge in [0.25, 0.3) is 0 Å². The van der Waals surface area contributed by atoms with Crippen LogP contribution in [0.15, 0.2) is 60.8 Å². The average molecular weight is 265 g/mol. The van der Waals surface area contributed by atoms with Gasteiger partial charge in [0.05, 0.1) is 11.9 Å². The smallest absolute Gasteiger partial charge is 0.449 e. The minimum absolute atomic E-state index is 0.243. The van der Waals surface area contributed by atoms with E-state index in [1.54, 1.807) is 0 Å². The Kier molecular flexibility index (Phi) is 3.05. The van der Waals surface area contributed by atoms with Crippen molar-refractivity contribution in [1.82, 2.24) is 4.98 Å². The lowest BCUT2D eigenvalue weighted by atomic mass is 10.0. The van der Waals surface area contributed by atoms with Gasteiger partial charge in [-0.3, -0.25) is 4.98 Å². The van der Waals surface area contributed by atoms with Gasteiger partial charge in [-0.25, -0.2) is 4.79 Å². The van der Waals surface area contributed by atoms with E-state index in [0.717, 1.165) is 22.0 Å². The summed E-state index contributed by atoms with van der Waals surface area (Å²) in [5.74, 6) is 0.243. The molecule has 0 aliphatic rings. The van der Waals surface area contributed by atoms with Crippen molar-refractivity contribution < 1.29 is 14.6 Å². The first-order chi connectivity index (χ1) is 9.75.